The number of amides is 2. The van der Waals surface area contributed by atoms with Crippen LogP contribution in [0.25, 0.3) is 0 Å². The molecule has 0 saturated heterocycles. The Hall–Kier alpha value is -0.960. The molecule has 1 heterocycles. The number of alkyl halides is 1. The topological polar surface area (TPSA) is 72.5 Å². The molecule has 2 rings (SSSR count). The largest absolute Gasteiger partial charge is 0.454 e. The summed E-state index contributed by atoms with van der Waals surface area (Å²) in [7, 11) is 0. The van der Waals surface area contributed by atoms with Gasteiger partial charge in [0.2, 0.25) is 5.91 Å². The van der Waals surface area contributed by atoms with Gasteiger partial charge < -0.3 is 4.74 Å². The van der Waals surface area contributed by atoms with Crippen LogP contribution in [0.4, 0.5) is 0 Å². The van der Waals surface area contributed by atoms with Crippen molar-refractivity contribution < 1.29 is 19.1 Å². The van der Waals surface area contributed by atoms with E-state index in [2.05, 4.69) is 21.2 Å². The molecule has 7 heteroatoms. The highest BCUT2D eigenvalue weighted by atomic mass is 127. The van der Waals surface area contributed by atoms with Crippen LogP contribution < -0.4 is 5.32 Å². The Morgan fingerprint density at radius 2 is 2.17 bits per heavy atom. The molecule has 0 spiro atoms. The number of imide groups is 1. The standard InChI is InChI=1S/C11H7BrINO4/c12-5-1-2-6-7(3-5)8(11(17)18-4-13)10(16)14-9(6)15/h1-3,8H,4H2,(H,14,15,16). The molecule has 0 fully saturated rings. The summed E-state index contributed by atoms with van der Waals surface area (Å²) < 4.78 is 5.69. The number of benzene rings is 1. The predicted molar refractivity (Wildman–Crippen MR) is 74.3 cm³/mol. The molecule has 1 aromatic rings. The normalized spacial score (nSPS) is 18.0. The molecule has 2 amide bonds. The van der Waals surface area contributed by atoms with Crippen molar-refractivity contribution in [3.63, 3.8) is 0 Å². The lowest BCUT2D eigenvalue weighted by Gasteiger charge is -2.22. The first-order valence-electron chi connectivity index (χ1n) is 4.92. The number of rotatable bonds is 2. The third-order valence-corrected chi connectivity index (χ3v) is 3.31. The molecule has 0 aromatic heterocycles. The average Bonchev–Trinajstić information content (AvgIpc) is 2.28. The number of ether oxygens (including phenoxy) is 1. The molecule has 18 heavy (non-hydrogen) atoms. The van der Waals surface area contributed by atoms with Gasteiger partial charge in [-0.15, -0.1) is 0 Å². The van der Waals surface area contributed by atoms with E-state index in [9.17, 15) is 14.4 Å². The summed E-state index contributed by atoms with van der Waals surface area (Å²) in [6.45, 7) is 0. The van der Waals surface area contributed by atoms with E-state index < -0.39 is 23.7 Å². The smallest absolute Gasteiger partial charge is 0.323 e. The van der Waals surface area contributed by atoms with Gasteiger partial charge in [0.25, 0.3) is 5.91 Å². The van der Waals surface area contributed by atoms with Crippen LogP contribution in [0.1, 0.15) is 21.8 Å². The average molecular weight is 424 g/mol. The maximum absolute atomic E-state index is 11.8. The van der Waals surface area contributed by atoms with Crippen molar-refractivity contribution in [2.45, 2.75) is 5.92 Å². The molecular formula is C11H7BrINO4. The van der Waals surface area contributed by atoms with E-state index in [1.807, 2.05) is 22.6 Å². The second-order valence-electron chi connectivity index (χ2n) is 3.56. The molecule has 1 aliphatic heterocycles. The molecule has 0 bridgehead atoms. The Bertz CT molecular complexity index is 546. The maximum Gasteiger partial charge on any atom is 0.323 e. The first-order chi connectivity index (χ1) is 8.54. The van der Waals surface area contributed by atoms with Gasteiger partial charge in [-0.2, -0.15) is 0 Å². The zero-order chi connectivity index (χ0) is 13.3. The number of fused-ring (bicyclic) bond motifs is 1. The fraction of sp³-hybridized carbons (Fsp3) is 0.182. The second kappa shape index (κ2) is 5.35. The number of hydrogen-bond donors (Lipinski definition) is 1. The number of hydrogen-bond acceptors (Lipinski definition) is 4. The van der Waals surface area contributed by atoms with Crippen LogP contribution in [0.2, 0.25) is 0 Å². The van der Waals surface area contributed by atoms with E-state index in [1.165, 1.54) is 0 Å². The van der Waals surface area contributed by atoms with E-state index in [1.54, 1.807) is 18.2 Å². The van der Waals surface area contributed by atoms with Crippen molar-refractivity contribution in [3.05, 3.63) is 33.8 Å². The van der Waals surface area contributed by atoms with Crippen molar-refractivity contribution in [2.24, 2.45) is 0 Å². The van der Waals surface area contributed by atoms with Gasteiger partial charge in [-0.1, -0.05) is 15.9 Å². The quantitative estimate of drug-likeness (QED) is 0.258. The van der Waals surface area contributed by atoms with Crippen LogP contribution in [0.15, 0.2) is 22.7 Å². The van der Waals surface area contributed by atoms with Crippen molar-refractivity contribution in [1.29, 1.82) is 0 Å². The highest BCUT2D eigenvalue weighted by Gasteiger charge is 2.38. The number of halogens is 2. The van der Waals surface area contributed by atoms with Crippen molar-refractivity contribution >= 4 is 56.3 Å². The summed E-state index contributed by atoms with van der Waals surface area (Å²) >= 11 is 5.11. The minimum atomic E-state index is -1.09. The molecule has 1 aliphatic rings. The van der Waals surface area contributed by atoms with Gasteiger partial charge in [0, 0.05) is 10.0 Å². The lowest BCUT2D eigenvalue weighted by molar-refractivity contribution is -0.146. The lowest BCUT2D eigenvalue weighted by Crippen LogP contribution is -2.43. The zero-order valence-electron chi connectivity index (χ0n) is 8.91. The van der Waals surface area contributed by atoms with E-state index in [4.69, 9.17) is 4.74 Å². The molecule has 5 nitrogen and oxygen atoms in total. The van der Waals surface area contributed by atoms with E-state index >= 15 is 0 Å². The third-order valence-electron chi connectivity index (χ3n) is 2.50. The summed E-state index contributed by atoms with van der Waals surface area (Å²) in [5, 5.41) is 2.15. The first-order valence-corrected chi connectivity index (χ1v) is 7.23. The summed E-state index contributed by atoms with van der Waals surface area (Å²) in [4.78, 5) is 35.2. The Kier molecular flexibility index (Phi) is 4.00. The lowest BCUT2D eigenvalue weighted by atomic mass is 9.90. The molecule has 1 atom stereocenters. The van der Waals surface area contributed by atoms with Crippen LogP contribution in [0.5, 0.6) is 0 Å². The summed E-state index contributed by atoms with van der Waals surface area (Å²) in [6, 6.07) is 4.82. The Balaban J connectivity index is 2.51. The van der Waals surface area contributed by atoms with Gasteiger partial charge >= 0.3 is 5.97 Å². The van der Waals surface area contributed by atoms with E-state index in [0.29, 0.717) is 15.6 Å². The molecular weight excluding hydrogens is 417 g/mol. The van der Waals surface area contributed by atoms with Gasteiger partial charge in [-0.25, -0.2) is 0 Å². The fourth-order valence-electron chi connectivity index (χ4n) is 1.74. The Morgan fingerprint density at radius 1 is 1.44 bits per heavy atom. The van der Waals surface area contributed by atoms with Crippen LogP contribution in [0, 0.1) is 0 Å². The maximum atomic E-state index is 11.8. The summed E-state index contributed by atoms with van der Waals surface area (Å²) in [5.41, 5.74) is 0.682. The van der Waals surface area contributed by atoms with E-state index in [0.717, 1.165) is 0 Å². The SMILES string of the molecule is O=C1NC(=O)C(C(=O)OCI)c2cc(Br)ccc21. The number of esters is 1. The number of nitrogens with one attached hydrogen (secondary N) is 1. The predicted octanol–water partition coefficient (Wildman–Crippen LogP) is 1.74. The van der Waals surface area contributed by atoms with Crippen LogP contribution >= 0.6 is 38.5 Å². The van der Waals surface area contributed by atoms with Crippen LogP contribution in [0.3, 0.4) is 0 Å². The van der Waals surface area contributed by atoms with Crippen molar-refractivity contribution in [1.82, 2.24) is 5.32 Å². The zero-order valence-corrected chi connectivity index (χ0v) is 12.6. The fourth-order valence-corrected chi connectivity index (χ4v) is 2.43. The van der Waals surface area contributed by atoms with Gasteiger partial charge in [0.1, 0.15) is 4.61 Å². The summed E-state index contributed by atoms with van der Waals surface area (Å²) in [5.74, 6) is -2.90. The highest BCUT2D eigenvalue weighted by Crippen LogP contribution is 2.29. The molecule has 1 N–H and O–H groups in total. The molecule has 1 aromatic carbocycles. The minimum Gasteiger partial charge on any atom is -0.454 e. The number of carbonyl (C=O) groups excluding carboxylic acids is 3. The Morgan fingerprint density at radius 3 is 2.83 bits per heavy atom. The Labute approximate surface area is 125 Å². The third kappa shape index (κ3) is 2.41. The second-order valence-corrected chi connectivity index (χ2v) is 5.09. The molecule has 1 unspecified atom stereocenters. The summed E-state index contributed by atoms with van der Waals surface area (Å²) in [6.07, 6.45) is 0. The van der Waals surface area contributed by atoms with Crippen LogP contribution in [-0.2, 0) is 14.3 Å². The van der Waals surface area contributed by atoms with Gasteiger partial charge in [0.05, 0.1) is 0 Å². The number of carbonyl (C=O) groups is 3. The van der Waals surface area contributed by atoms with Crippen LogP contribution in [-0.4, -0.2) is 22.4 Å². The minimum absolute atomic E-state index is 0.150. The van der Waals surface area contributed by atoms with Gasteiger partial charge in [-0.3, -0.25) is 19.7 Å². The van der Waals surface area contributed by atoms with Gasteiger partial charge in [0.15, 0.2) is 5.92 Å². The molecule has 0 radical (unpaired) electrons. The van der Waals surface area contributed by atoms with Crippen molar-refractivity contribution in [3.8, 4) is 0 Å². The van der Waals surface area contributed by atoms with Gasteiger partial charge in [-0.05, 0) is 46.4 Å². The van der Waals surface area contributed by atoms with E-state index in [-0.39, 0.29) is 4.61 Å². The molecule has 0 saturated carbocycles. The molecule has 94 valence electrons. The van der Waals surface area contributed by atoms with Crippen molar-refractivity contribution in [2.75, 3.05) is 4.61 Å². The molecule has 0 aliphatic carbocycles. The highest BCUT2D eigenvalue weighted by molar-refractivity contribution is 14.1. The monoisotopic (exact) mass is 423 g/mol. The first kappa shape index (κ1) is 13.5.